The van der Waals surface area contributed by atoms with Gasteiger partial charge in [-0.2, -0.15) is 0 Å². The van der Waals surface area contributed by atoms with Gasteiger partial charge in [0.25, 0.3) is 0 Å². The Labute approximate surface area is 201 Å². The third kappa shape index (κ3) is 4.32. The molecule has 1 aliphatic carbocycles. The van der Waals surface area contributed by atoms with E-state index in [1.54, 1.807) is 22.9 Å². The first-order valence-corrected chi connectivity index (χ1v) is 12.3. The number of likely N-dealkylation sites (tertiary alicyclic amines) is 1. The third-order valence-corrected chi connectivity index (χ3v) is 8.18. The Morgan fingerprint density at radius 3 is 2.94 bits per heavy atom. The van der Waals surface area contributed by atoms with Gasteiger partial charge in [-0.15, -0.1) is 22.6 Å². The molecule has 1 spiro atoms. The lowest BCUT2D eigenvalue weighted by Gasteiger charge is -2.25. The topological polar surface area (TPSA) is 60.0 Å². The van der Waals surface area contributed by atoms with E-state index in [1.807, 2.05) is 18.5 Å². The number of aromatic nitrogens is 4. The normalized spacial score (nSPS) is 20.4. The maximum atomic E-state index is 5.46. The summed E-state index contributed by atoms with van der Waals surface area (Å²) in [5.41, 5.74) is 4.36. The average molecular weight is 525 g/mol. The van der Waals surface area contributed by atoms with Crippen LogP contribution < -0.4 is 0 Å². The number of hydrogen-bond acceptors (Lipinski definition) is 6. The number of fused-ring (bicyclic) bond motifs is 2. The highest BCUT2D eigenvalue weighted by Crippen LogP contribution is 2.46. The number of rotatable bonds is 6. The standard InChI is InChI=1S/C22H26BrN5OS.ClH/c1-15-19(29-14-24-15)20-25-26-21(27(20)2)30-11-3-9-28-10-8-22(13-28)7-6-16-12-17(23)4-5-18(16)22;/h4-5,12,14H,3,6-11,13H2,1-2H3;1H. The molecule has 1 aliphatic heterocycles. The van der Waals surface area contributed by atoms with Gasteiger partial charge in [-0.3, -0.25) is 0 Å². The second-order valence-corrected chi connectivity index (χ2v) is 10.4. The quantitative estimate of drug-likeness (QED) is 0.333. The van der Waals surface area contributed by atoms with Crippen LogP contribution in [0.3, 0.4) is 0 Å². The van der Waals surface area contributed by atoms with Gasteiger partial charge in [0.1, 0.15) is 0 Å². The van der Waals surface area contributed by atoms with Gasteiger partial charge in [0, 0.05) is 29.2 Å². The van der Waals surface area contributed by atoms with Crippen LogP contribution in [0.25, 0.3) is 11.6 Å². The van der Waals surface area contributed by atoms with E-state index in [0.717, 1.165) is 35.4 Å². The molecule has 0 amide bonds. The molecule has 1 fully saturated rings. The molecule has 0 N–H and O–H groups in total. The van der Waals surface area contributed by atoms with Gasteiger partial charge in [0.15, 0.2) is 17.3 Å². The molecule has 0 bridgehead atoms. The smallest absolute Gasteiger partial charge is 0.202 e. The van der Waals surface area contributed by atoms with Crippen molar-refractivity contribution in [3.63, 3.8) is 0 Å². The van der Waals surface area contributed by atoms with Gasteiger partial charge in [0.2, 0.25) is 5.82 Å². The number of hydrogen-bond donors (Lipinski definition) is 0. The van der Waals surface area contributed by atoms with Crippen LogP contribution in [0.15, 0.2) is 38.6 Å². The number of benzene rings is 1. The van der Waals surface area contributed by atoms with E-state index in [-0.39, 0.29) is 12.4 Å². The van der Waals surface area contributed by atoms with E-state index < -0.39 is 0 Å². The van der Waals surface area contributed by atoms with Crippen molar-refractivity contribution in [2.24, 2.45) is 7.05 Å². The van der Waals surface area contributed by atoms with Gasteiger partial charge < -0.3 is 13.9 Å². The molecule has 1 aromatic carbocycles. The minimum absolute atomic E-state index is 0. The molecule has 2 aromatic heterocycles. The summed E-state index contributed by atoms with van der Waals surface area (Å²) in [7, 11) is 1.99. The summed E-state index contributed by atoms with van der Waals surface area (Å²) in [4.78, 5) is 6.80. The van der Waals surface area contributed by atoms with Crippen molar-refractivity contribution in [2.45, 2.75) is 43.2 Å². The largest absolute Gasteiger partial charge is 0.440 e. The SMILES string of the molecule is Cc1ncoc1-c1nnc(SCCCN2CCC3(CCc4cc(Br)ccc43)C2)n1C.Cl. The molecule has 1 atom stereocenters. The molecule has 3 aromatic rings. The summed E-state index contributed by atoms with van der Waals surface area (Å²) in [6, 6.07) is 6.88. The van der Waals surface area contributed by atoms with Crippen LogP contribution in [0.4, 0.5) is 0 Å². The van der Waals surface area contributed by atoms with Gasteiger partial charge in [-0.1, -0.05) is 33.8 Å². The predicted octanol–water partition coefficient (Wildman–Crippen LogP) is 5.03. The first kappa shape index (κ1) is 22.8. The molecule has 1 saturated heterocycles. The number of oxazole rings is 1. The molecule has 2 aliphatic rings. The van der Waals surface area contributed by atoms with Gasteiger partial charge in [-0.25, -0.2) is 4.98 Å². The molecule has 166 valence electrons. The third-order valence-electron chi connectivity index (χ3n) is 6.58. The molecule has 0 saturated carbocycles. The van der Waals surface area contributed by atoms with Crippen molar-refractivity contribution in [1.29, 1.82) is 0 Å². The molecule has 3 heterocycles. The molecule has 9 heteroatoms. The number of nitrogens with zero attached hydrogens (tertiary/aromatic N) is 5. The predicted molar refractivity (Wildman–Crippen MR) is 129 cm³/mol. The fourth-order valence-electron chi connectivity index (χ4n) is 4.97. The highest BCUT2D eigenvalue weighted by atomic mass is 79.9. The Balaban J connectivity index is 0.00000231. The van der Waals surface area contributed by atoms with Crippen molar-refractivity contribution in [3.8, 4) is 11.6 Å². The highest BCUT2D eigenvalue weighted by Gasteiger charge is 2.43. The van der Waals surface area contributed by atoms with E-state index in [9.17, 15) is 0 Å². The maximum Gasteiger partial charge on any atom is 0.202 e. The average Bonchev–Trinajstić information content (AvgIpc) is 3.49. The van der Waals surface area contributed by atoms with Crippen LogP contribution in [0, 0.1) is 6.92 Å². The van der Waals surface area contributed by atoms with Crippen molar-refractivity contribution in [1.82, 2.24) is 24.6 Å². The minimum Gasteiger partial charge on any atom is -0.440 e. The van der Waals surface area contributed by atoms with E-state index in [1.165, 1.54) is 43.2 Å². The van der Waals surface area contributed by atoms with Crippen molar-refractivity contribution in [3.05, 3.63) is 45.9 Å². The van der Waals surface area contributed by atoms with E-state index in [2.05, 4.69) is 54.2 Å². The van der Waals surface area contributed by atoms with Crippen LogP contribution in [-0.4, -0.2) is 50.0 Å². The van der Waals surface area contributed by atoms with Crippen LogP contribution in [0.2, 0.25) is 0 Å². The zero-order valence-electron chi connectivity index (χ0n) is 17.8. The highest BCUT2D eigenvalue weighted by molar-refractivity contribution is 9.10. The van der Waals surface area contributed by atoms with Crippen LogP contribution in [-0.2, 0) is 18.9 Å². The molecule has 0 radical (unpaired) electrons. The summed E-state index contributed by atoms with van der Waals surface area (Å²) in [5, 5.41) is 9.56. The molecular weight excluding hydrogens is 498 g/mol. The zero-order chi connectivity index (χ0) is 20.7. The zero-order valence-corrected chi connectivity index (χ0v) is 21.0. The molecule has 1 unspecified atom stereocenters. The van der Waals surface area contributed by atoms with Crippen LogP contribution in [0.5, 0.6) is 0 Å². The van der Waals surface area contributed by atoms with E-state index in [4.69, 9.17) is 4.42 Å². The Bertz CT molecular complexity index is 1070. The summed E-state index contributed by atoms with van der Waals surface area (Å²) >= 11 is 5.39. The summed E-state index contributed by atoms with van der Waals surface area (Å²) in [6.07, 6.45) is 6.41. The Kier molecular flexibility index (Phi) is 6.82. The van der Waals surface area contributed by atoms with Crippen molar-refractivity contribution < 1.29 is 4.42 Å². The first-order chi connectivity index (χ1) is 14.6. The fraction of sp³-hybridized carbons (Fsp3) is 0.500. The van der Waals surface area contributed by atoms with Crippen molar-refractivity contribution >= 4 is 40.1 Å². The number of halogens is 2. The number of thioether (sulfide) groups is 1. The maximum absolute atomic E-state index is 5.46. The second kappa shape index (κ2) is 9.25. The fourth-order valence-corrected chi connectivity index (χ4v) is 6.22. The van der Waals surface area contributed by atoms with Crippen LogP contribution >= 0.6 is 40.1 Å². The van der Waals surface area contributed by atoms with Crippen LogP contribution in [0.1, 0.15) is 36.1 Å². The summed E-state index contributed by atoms with van der Waals surface area (Å²) in [5.74, 6) is 2.47. The summed E-state index contributed by atoms with van der Waals surface area (Å²) in [6.45, 7) is 5.47. The lowest BCUT2D eigenvalue weighted by atomic mass is 9.81. The Hall–Kier alpha value is -1.35. The molecular formula is C22H27BrClN5OS. The molecule has 31 heavy (non-hydrogen) atoms. The van der Waals surface area contributed by atoms with Gasteiger partial charge in [0.05, 0.1) is 5.69 Å². The summed E-state index contributed by atoms with van der Waals surface area (Å²) < 4.78 is 8.66. The van der Waals surface area contributed by atoms with Gasteiger partial charge >= 0.3 is 0 Å². The Morgan fingerprint density at radius 1 is 1.26 bits per heavy atom. The lowest BCUT2D eigenvalue weighted by molar-refractivity contribution is 0.310. The van der Waals surface area contributed by atoms with E-state index >= 15 is 0 Å². The van der Waals surface area contributed by atoms with Gasteiger partial charge in [-0.05, 0) is 69.0 Å². The first-order valence-electron chi connectivity index (χ1n) is 10.5. The van der Waals surface area contributed by atoms with Crippen molar-refractivity contribution in [2.75, 3.05) is 25.4 Å². The number of aryl methyl sites for hydroxylation is 2. The molecule has 5 rings (SSSR count). The molecule has 6 nitrogen and oxygen atoms in total. The Morgan fingerprint density at radius 2 is 2.13 bits per heavy atom. The minimum atomic E-state index is 0. The second-order valence-electron chi connectivity index (χ2n) is 8.44. The lowest BCUT2D eigenvalue weighted by Crippen LogP contribution is -2.29. The van der Waals surface area contributed by atoms with E-state index in [0.29, 0.717) is 11.2 Å². The monoisotopic (exact) mass is 523 g/mol.